The van der Waals surface area contributed by atoms with Gasteiger partial charge < -0.3 is 20.4 Å². The molecule has 1 aromatic heterocycles. The van der Waals surface area contributed by atoms with E-state index in [0.717, 1.165) is 27.8 Å². The molecule has 154 valence electrons. The molecule has 2 bridgehead atoms. The molecule has 0 unspecified atom stereocenters. The molecule has 6 heteroatoms. The van der Waals surface area contributed by atoms with Crippen molar-refractivity contribution >= 4 is 22.7 Å². The van der Waals surface area contributed by atoms with Crippen LogP contribution in [0.3, 0.4) is 0 Å². The van der Waals surface area contributed by atoms with Crippen molar-refractivity contribution in [3.63, 3.8) is 0 Å². The molecule has 6 nitrogen and oxygen atoms in total. The maximum absolute atomic E-state index is 13.4. The lowest BCUT2D eigenvalue weighted by atomic mass is 9.73. The van der Waals surface area contributed by atoms with Crippen LogP contribution in [0, 0.1) is 12.8 Å². The maximum atomic E-state index is 13.4. The highest BCUT2D eigenvalue weighted by molar-refractivity contribution is 6.02. The zero-order chi connectivity index (χ0) is 21.0. The number of aryl methyl sites for hydroxylation is 1. The average molecular weight is 403 g/mol. The van der Waals surface area contributed by atoms with Crippen LogP contribution in [0.2, 0.25) is 0 Å². The molecule has 2 amide bonds. The van der Waals surface area contributed by atoms with Gasteiger partial charge in [-0.15, -0.1) is 0 Å². The molecule has 2 aliphatic heterocycles. The van der Waals surface area contributed by atoms with E-state index in [4.69, 9.17) is 10.5 Å². The molecule has 1 fully saturated rings. The summed E-state index contributed by atoms with van der Waals surface area (Å²) in [7, 11) is 0. The molecule has 0 spiro atoms. The first kappa shape index (κ1) is 18.7. The number of aromatic amines is 1. The Balaban J connectivity index is 1.49. The lowest BCUT2D eigenvalue weighted by Gasteiger charge is -2.52. The molecule has 3 heterocycles. The Kier molecular flexibility index (Phi) is 4.13. The van der Waals surface area contributed by atoms with Crippen LogP contribution in [-0.4, -0.2) is 34.0 Å². The van der Waals surface area contributed by atoms with Gasteiger partial charge in [0.05, 0.1) is 0 Å². The van der Waals surface area contributed by atoms with Crippen molar-refractivity contribution in [1.82, 2.24) is 9.88 Å². The van der Waals surface area contributed by atoms with E-state index in [1.54, 1.807) is 4.90 Å². The zero-order valence-corrected chi connectivity index (χ0v) is 17.1. The van der Waals surface area contributed by atoms with Crippen molar-refractivity contribution in [1.29, 1.82) is 0 Å². The van der Waals surface area contributed by atoms with Crippen molar-refractivity contribution in [2.24, 2.45) is 11.7 Å². The Morgan fingerprint density at radius 3 is 2.90 bits per heavy atom. The van der Waals surface area contributed by atoms with Gasteiger partial charge in [0.15, 0.2) is 5.72 Å². The molecule has 1 saturated heterocycles. The van der Waals surface area contributed by atoms with Crippen molar-refractivity contribution < 1.29 is 14.3 Å². The molecule has 3 atom stereocenters. The fraction of sp³-hybridized carbons (Fsp3) is 0.333. The summed E-state index contributed by atoms with van der Waals surface area (Å²) in [6.45, 7) is 4.45. The van der Waals surface area contributed by atoms with Crippen LogP contribution in [0.4, 0.5) is 0 Å². The van der Waals surface area contributed by atoms with E-state index in [-0.39, 0.29) is 11.8 Å². The van der Waals surface area contributed by atoms with Crippen LogP contribution in [0.5, 0.6) is 5.75 Å². The van der Waals surface area contributed by atoms with Crippen molar-refractivity contribution in [2.75, 3.05) is 6.54 Å². The van der Waals surface area contributed by atoms with Crippen molar-refractivity contribution in [3.8, 4) is 5.75 Å². The molecular formula is C24H25N3O3. The van der Waals surface area contributed by atoms with E-state index in [1.165, 1.54) is 5.56 Å². The molecule has 0 aliphatic carbocycles. The highest BCUT2D eigenvalue weighted by atomic mass is 16.5. The summed E-state index contributed by atoms with van der Waals surface area (Å²) in [6, 6.07) is 13.9. The molecule has 0 radical (unpaired) electrons. The van der Waals surface area contributed by atoms with Gasteiger partial charge >= 0.3 is 0 Å². The first-order valence-corrected chi connectivity index (χ1v) is 10.3. The number of aromatic nitrogens is 1. The van der Waals surface area contributed by atoms with Gasteiger partial charge in [-0.05, 0) is 49.6 Å². The van der Waals surface area contributed by atoms with Gasteiger partial charge in [-0.1, -0.05) is 29.8 Å². The number of primary amides is 1. The predicted octanol–water partition coefficient (Wildman–Crippen LogP) is 3.25. The largest absolute Gasteiger partial charge is 0.468 e. The van der Waals surface area contributed by atoms with Crippen LogP contribution < -0.4 is 10.5 Å². The minimum Gasteiger partial charge on any atom is -0.468 e. The number of nitrogens with zero attached hydrogens (tertiary/aromatic N) is 1. The summed E-state index contributed by atoms with van der Waals surface area (Å²) in [5.41, 5.74) is 9.19. The SMILES string of the molecule is Cc1ccc2[nH]cc(CCN3C(=O)[C@H](C(N)=O)[C@H]4C[C@@]3(C)Oc3ccccc34)c2c1. The summed E-state index contributed by atoms with van der Waals surface area (Å²) in [5, 5.41) is 1.16. The average Bonchev–Trinajstić information content (AvgIpc) is 3.09. The molecule has 5 rings (SSSR count). The summed E-state index contributed by atoms with van der Waals surface area (Å²) in [6.07, 6.45) is 3.20. The second kappa shape index (κ2) is 6.62. The smallest absolute Gasteiger partial charge is 0.238 e. The van der Waals surface area contributed by atoms with Gasteiger partial charge in [0.25, 0.3) is 0 Å². The Morgan fingerprint density at radius 1 is 1.30 bits per heavy atom. The van der Waals surface area contributed by atoms with Crippen molar-refractivity contribution in [2.45, 2.75) is 38.3 Å². The Bertz CT molecular complexity index is 1170. The molecule has 0 saturated carbocycles. The first-order valence-electron chi connectivity index (χ1n) is 10.3. The standard InChI is InChI=1S/C24H25N3O3/c1-14-7-8-19-17(11-14)15(13-26-19)9-10-27-23(29)21(22(25)28)18-12-24(27,2)30-20-6-4-3-5-16(18)20/h3-8,11,13,18,21,26H,9-10,12H2,1-2H3,(H2,25,28)/t18-,21-,24+/m0/s1. The topological polar surface area (TPSA) is 88.4 Å². The molecular weight excluding hydrogens is 378 g/mol. The summed E-state index contributed by atoms with van der Waals surface area (Å²) < 4.78 is 6.32. The third kappa shape index (κ3) is 2.78. The minimum absolute atomic E-state index is 0.244. The lowest BCUT2D eigenvalue weighted by Crippen LogP contribution is -2.64. The van der Waals surface area contributed by atoms with Gasteiger partial charge in [0.1, 0.15) is 11.7 Å². The van der Waals surface area contributed by atoms with Crippen LogP contribution in [-0.2, 0) is 16.0 Å². The number of hydrogen-bond acceptors (Lipinski definition) is 3. The monoisotopic (exact) mass is 403 g/mol. The third-order valence-corrected chi connectivity index (χ3v) is 6.59. The van der Waals surface area contributed by atoms with E-state index < -0.39 is 17.6 Å². The summed E-state index contributed by atoms with van der Waals surface area (Å²) >= 11 is 0. The first-order chi connectivity index (χ1) is 14.4. The number of benzene rings is 2. The fourth-order valence-electron chi connectivity index (χ4n) is 5.11. The van der Waals surface area contributed by atoms with Gasteiger partial charge in [-0.3, -0.25) is 9.59 Å². The fourth-order valence-corrected chi connectivity index (χ4v) is 5.11. The van der Waals surface area contributed by atoms with Gasteiger partial charge in [0, 0.05) is 36.0 Å². The normalized spacial score (nSPS) is 25.1. The summed E-state index contributed by atoms with van der Waals surface area (Å²) in [5.74, 6) is -1.21. The van der Waals surface area contributed by atoms with E-state index in [0.29, 0.717) is 19.4 Å². The minimum atomic E-state index is -0.867. The third-order valence-electron chi connectivity index (χ3n) is 6.59. The number of amides is 2. The highest BCUT2D eigenvalue weighted by Gasteiger charge is 2.55. The number of carbonyl (C=O) groups excluding carboxylic acids is 2. The van der Waals surface area contributed by atoms with Crippen LogP contribution in [0.1, 0.15) is 36.0 Å². The number of hydrogen-bond donors (Lipinski definition) is 2. The number of piperidine rings is 1. The summed E-state index contributed by atoms with van der Waals surface area (Å²) in [4.78, 5) is 30.7. The Hall–Kier alpha value is -3.28. The van der Waals surface area contributed by atoms with E-state index in [2.05, 4.69) is 30.1 Å². The van der Waals surface area contributed by atoms with Gasteiger partial charge in [-0.25, -0.2) is 0 Å². The van der Waals surface area contributed by atoms with E-state index >= 15 is 0 Å². The number of H-pyrrole nitrogens is 1. The highest BCUT2D eigenvalue weighted by Crippen LogP contribution is 2.50. The number of ether oxygens (including phenoxy) is 1. The molecule has 3 aromatic rings. The zero-order valence-electron chi connectivity index (χ0n) is 17.1. The number of nitrogens with one attached hydrogen (secondary N) is 1. The van der Waals surface area contributed by atoms with Crippen molar-refractivity contribution in [3.05, 3.63) is 65.4 Å². The molecule has 30 heavy (non-hydrogen) atoms. The van der Waals surface area contributed by atoms with E-state index in [9.17, 15) is 9.59 Å². The van der Waals surface area contributed by atoms with Crippen LogP contribution >= 0.6 is 0 Å². The quantitative estimate of drug-likeness (QED) is 0.656. The van der Waals surface area contributed by atoms with Gasteiger partial charge in [0.2, 0.25) is 11.8 Å². The number of carbonyl (C=O) groups is 2. The number of para-hydroxylation sites is 1. The predicted molar refractivity (Wildman–Crippen MR) is 114 cm³/mol. The second-order valence-corrected chi connectivity index (χ2v) is 8.61. The Morgan fingerprint density at radius 2 is 2.10 bits per heavy atom. The van der Waals surface area contributed by atoms with Crippen LogP contribution in [0.25, 0.3) is 10.9 Å². The second-order valence-electron chi connectivity index (χ2n) is 8.61. The number of nitrogens with two attached hydrogens (primary N) is 1. The molecule has 2 aromatic carbocycles. The van der Waals surface area contributed by atoms with Gasteiger partial charge in [-0.2, -0.15) is 0 Å². The van der Waals surface area contributed by atoms with E-state index in [1.807, 2.05) is 37.4 Å². The number of likely N-dealkylation sites (tertiary alicyclic amines) is 1. The number of rotatable bonds is 4. The maximum Gasteiger partial charge on any atom is 0.238 e. The number of fused-ring (bicyclic) bond motifs is 5. The van der Waals surface area contributed by atoms with Crippen LogP contribution in [0.15, 0.2) is 48.7 Å². The molecule has 2 aliphatic rings. The molecule has 3 N–H and O–H groups in total. The lowest BCUT2D eigenvalue weighted by molar-refractivity contribution is -0.175. The Labute approximate surface area is 175 Å².